The van der Waals surface area contributed by atoms with E-state index < -0.39 is 28.5 Å². The molecule has 9 heteroatoms. The first-order valence-corrected chi connectivity index (χ1v) is 5.88. The van der Waals surface area contributed by atoms with Gasteiger partial charge in [0, 0.05) is 6.07 Å². The Balaban J connectivity index is 3.42. The maximum Gasteiger partial charge on any atom is 0.324 e. The molecule has 0 atom stereocenters. The molecule has 1 aromatic carbocycles. The molecule has 0 aliphatic rings. The molecule has 0 bridgehead atoms. The summed E-state index contributed by atoms with van der Waals surface area (Å²) in [5.74, 6) is -3.29. The number of esters is 2. The molecule has 0 amide bonds. The molecule has 0 unspecified atom stereocenters. The van der Waals surface area contributed by atoms with E-state index in [0.717, 1.165) is 26.4 Å². The Morgan fingerprint density at radius 3 is 2.05 bits per heavy atom. The third-order valence-electron chi connectivity index (χ3n) is 2.45. The Morgan fingerprint density at radius 1 is 1.15 bits per heavy atom. The zero-order valence-electron chi connectivity index (χ0n) is 10.4. The quantitative estimate of drug-likeness (QED) is 0.365. The number of rotatable bonds is 4. The van der Waals surface area contributed by atoms with Crippen molar-refractivity contribution in [2.75, 3.05) is 14.2 Å². The van der Waals surface area contributed by atoms with E-state index in [-0.39, 0.29) is 15.6 Å². The van der Waals surface area contributed by atoms with Crippen molar-refractivity contribution >= 4 is 40.8 Å². The molecule has 0 aromatic heterocycles. The first-order chi connectivity index (χ1) is 9.33. The van der Waals surface area contributed by atoms with E-state index in [1.54, 1.807) is 0 Å². The lowest BCUT2D eigenvalue weighted by Crippen LogP contribution is -2.24. The average molecular weight is 322 g/mol. The van der Waals surface area contributed by atoms with Crippen molar-refractivity contribution in [3.05, 3.63) is 37.9 Å². The van der Waals surface area contributed by atoms with Crippen molar-refractivity contribution in [1.82, 2.24) is 0 Å². The number of ether oxygens (including phenoxy) is 2. The van der Waals surface area contributed by atoms with Crippen LogP contribution in [0.3, 0.4) is 0 Å². The first kappa shape index (κ1) is 16.2. The number of carbonyl (C=O) groups excluding carboxylic acids is 2. The van der Waals surface area contributed by atoms with Crippen LogP contribution in [0.1, 0.15) is 11.5 Å². The standard InChI is InChI=1S/C11H9Cl2NO6/c1-19-10(15)9(11(16)20-2)5-3-7(13)8(14(17)18)4-6(5)12/h3-4,9H,1-2H3. The van der Waals surface area contributed by atoms with E-state index in [1.807, 2.05) is 0 Å². The molecule has 20 heavy (non-hydrogen) atoms. The summed E-state index contributed by atoms with van der Waals surface area (Å²) in [5.41, 5.74) is -0.463. The van der Waals surface area contributed by atoms with Crippen molar-refractivity contribution in [2.45, 2.75) is 5.92 Å². The molecule has 0 spiro atoms. The van der Waals surface area contributed by atoms with Crippen molar-refractivity contribution < 1.29 is 24.0 Å². The average Bonchev–Trinajstić information content (AvgIpc) is 2.41. The predicted molar refractivity (Wildman–Crippen MR) is 69.9 cm³/mol. The van der Waals surface area contributed by atoms with Gasteiger partial charge in [-0.05, 0) is 11.6 Å². The van der Waals surface area contributed by atoms with Crippen LogP contribution < -0.4 is 0 Å². The van der Waals surface area contributed by atoms with E-state index in [1.165, 1.54) is 0 Å². The lowest BCUT2D eigenvalue weighted by Gasteiger charge is -2.14. The number of halogens is 2. The number of methoxy groups -OCH3 is 2. The number of hydrogen-bond acceptors (Lipinski definition) is 6. The fraction of sp³-hybridized carbons (Fsp3) is 0.273. The molecular weight excluding hydrogens is 313 g/mol. The van der Waals surface area contributed by atoms with Crippen LogP contribution in [-0.4, -0.2) is 31.1 Å². The van der Waals surface area contributed by atoms with Crippen LogP contribution in [0.2, 0.25) is 10.0 Å². The molecule has 1 aromatic rings. The second kappa shape index (κ2) is 6.53. The van der Waals surface area contributed by atoms with Gasteiger partial charge in [-0.2, -0.15) is 0 Å². The van der Waals surface area contributed by atoms with Crippen molar-refractivity contribution in [3.8, 4) is 0 Å². The predicted octanol–water partition coefficient (Wildman–Crippen LogP) is 2.33. The molecule has 0 N–H and O–H groups in total. The van der Waals surface area contributed by atoms with Crippen LogP contribution in [0.4, 0.5) is 5.69 Å². The van der Waals surface area contributed by atoms with Crippen molar-refractivity contribution in [3.63, 3.8) is 0 Å². The van der Waals surface area contributed by atoms with Gasteiger partial charge in [-0.25, -0.2) is 0 Å². The van der Waals surface area contributed by atoms with Gasteiger partial charge in [-0.1, -0.05) is 23.2 Å². The number of nitro groups is 1. The number of hydrogen-bond donors (Lipinski definition) is 0. The fourth-order valence-corrected chi connectivity index (χ4v) is 2.01. The summed E-state index contributed by atoms with van der Waals surface area (Å²) in [5, 5.41) is 10.3. The van der Waals surface area contributed by atoms with Crippen LogP contribution in [0.15, 0.2) is 12.1 Å². The highest BCUT2D eigenvalue weighted by atomic mass is 35.5. The highest BCUT2D eigenvalue weighted by Gasteiger charge is 2.34. The molecule has 0 aliphatic carbocycles. The van der Waals surface area contributed by atoms with Gasteiger partial charge in [0.15, 0.2) is 5.92 Å². The van der Waals surface area contributed by atoms with Gasteiger partial charge in [0.1, 0.15) is 5.02 Å². The summed E-state index contributed by atoms with van der Waals surface area (Å²) in [4.78, 5) is 33.3. The van der Waals surface area contributed by atoms with Gasteiger partial charge < -0.3 is 9.47 Å². The lowest BCUT2D eigenvalue weighted by molar-refractivity contribution is -0.384. The molecule has 1 rings (SSSR count). The zero-order chi connectivity index (χ0) is 15.4. The Bertz CT molecular complexity index is 558. The number of nitrogens with zero attached hydrogens (tertiary/aromatic N) is 1. The highest BCUT2D eigenvalue weighted by molar-refractivity contribution is 6.35. The van der Waals surface area contributed by atoms with E-state index in [2.05, 4.69) is 9.47 Å². The third kappa shape index (κ3) is 3.17. The van der Waals surface area contributed by atoms with Gasteiger partial charge in [0.2, 0.25) is 0 Å². The second-order valence-corrected chi connectivity index (χ2v) is 4.38. The SMILES string of the molecule is COC(=O)C(C(=O)OC)c1cc(Cl)c([N+](=O)[O-])cc1Cl. The monoisotopic (exact) mass is 321 g/mol. The Hall–Kier alpha value is -1.86. The smallest absolute Gasteiger partial charge is 0.324 e. The van der Waals surface area contributed by atoms with Gasteiger partial charge in [0.25, 0.3) is 5.69 Å². The molecule has 0 radical (unpaired) electrons. The lowest BCUT2D eigenvalue weighted by atomic mass is 9.99. The van der Waals surface area contributed by atoms with Gasteiger partial charge in [-0.15, -0.1) is 0 Å². The molecule has 0 saturated carbocycles. The number of carbonyl (C=O) groups is 2. The van der Waals surface area contributed by atoms with E-state index in [4.69, 9.17) is 23.2 Å². The largest absolute Gasteiger partial charge is 0.468 e. The van der Waals surface area contributed by atoms with E-state index in [0.29, 0.717) is 0 Å². The van der Waals surface area contributed by atoms with E-state index in [9.17, 15) is 19.7 Å². The third-order valence-corrected chi connectivity index (χ3v) is 3.08. The van der Waals surface area contributed by atoms with Crippen LogP contribution in [0.25, 0.3) is 0 Å². The Kier molecular flexibility index (Phi) is 5.29. The number of benzene rings is 1. The fourth-order valence-electron chi connectivity index (χ4n) is 1.50. The molecular formula is C11H9Cl2NO6. The molecule has 0 heterocycles. The summed E-state index contributed by atoms with van der Waals surface area (Å²) >= 11 is 11.6. The summed E-state index contributed by atoms with van der Waals surface area (Å²) in [7, 11) is 2.17. The topological polar surface area (TPSA) is 95.7 Å². The van der Waals surface area contributed by atoms with Crippen LogP contribution in [0, 0.1) is 10.1 Å². The first-order valence-electron chi connectivity index (χ1n) is 5.12. The van der Waals surface area contributed by atoms with Gasteiger partial charge in [-0.3, -0.25) is 19.7 Å². The van der Waals surface area contributed by atoms with E-state index >= 15 is 0 Å². The summed E-state index contributed by atoms with van der Waals surface area (Å²) in [6.07, 6.45) is 0. The minimum atomic E-state index is -1.46. The Labute approximate surface area is 123 Å². The van der Waals surface area contributed by atoms with Crippen molar-refractivity contribution in [1.29, 1.82) is 0 Å². The summed E-state index contributed by atoms with van der Waals surface area (Å²) in [6, 6.07) is 2.03. The molecule has 7 nitrogen and oxygen atoms in total. The minimum absolute atomic E-state index is 0.0269. The van der Waals surface area contributed by atoms with Gasteiger partial charge in [0.05, 0.1) is 24.2 Å². The van der Waals surface area contributed by atoms with Crippen LogP contribution in [0.5, 0.6) is 0 Å². The zero-order valence-corrected chi connectivity index (χ0v) is 11.9. The molecule has 0 aliphatic heterocycles. The Morgan fingerprint density at radius 2 is 1.65 bits per heavy atom. The maximum absolute atomic E-state index is 11.6. The number of nitro benzene ring substituents is 1. The maximum atomic E-state index is 11.6. The molecule has 0 fully saturated rings. The van der Waals surface area contributed by atoms with Crippen LogP contribution in [-0.2, 0) is 19.1 Å². The molecule has 0 saturated heterocycles. The summed E-state index contributed by atoms with van der Waals surface area (Å²) < 4.78 is 8.97. The normalized spacial score (nSPS) is 10.2. The van der Waals surface area contributed by atoms with Crippen molar-refractivity contribution in [2.24, 2.45) is 0 Å². The highest BCUT2D eigenvalue weighted by Crippen LogP contribution is 2.35. The molecule has 108 valence electrons. The second-order valence-electron chi connectivity index (χ2n) is 3.56. The van der Waals surface area contributed by atoms with Gasteiger partial charge >= 0.3 is 11.9 Å². The van der Waals surface area contributed by atoms with Crippen LogP contribution >= 0.6 is 23.2 Å². The summed E-state index contributed by atoms with van der Waals surface area (Å²) in [6.45, 7) is 0. The minimum Gasteiger partial charge on any atom is -0.468 e.